The maximum absolute atomic E-state index is 14.5. The van der Waals surface area contributed by atoms with Gasteiger partial charge in [-0.15, -0.1) is 0 Å². The van der Waals surface area contributed by atoms with Crippen molar-refractivity contribution in [1.82, 2.24) is 25.6 Å². The number of amides is 2. The Morgan fingerprint density at radius 3 is 2.59 bits per heavy atom. The summed E-state index contributed by atoms with van der Waals surface area (Å²) in [5.41, 5.74) is -0.581. The molecule has 1 fully saturated rings. The van der Waals surface area contributed by atoms with Gasteiger partial charge in [-0.25, -0.2) is 23.5 Å². The molecular formula is C22H17F2N7O3. The topological polar surface area (TPSA) is 142 Å². The van der Waals surface area contributed by atoms with Gasteiger partial charge in [-0.2, -0.15) is 5.26 Å². The van der Waals surface area contributed by atoms with Crippen molar-refractivity contribution in [3.05, 3.63) is 72.1 Å². The van der Waals surface area contributed by atoms with E-state index in [2.05, 4.69) is 30.9 Å². The van der Waals surface area contributed by atoms with Crippen LogP contribution < -0.4 is 20.7 Å². The van der Waals surface area contributed by atoms with Gasteiger partial charge in [0.15, 0.2) is 5.75 Å². The maximum Gasteiger partial charge on any atom is 0.413 e. The summed E-state index contributed by atoms with van der Waals surface area (Å²) in [6.45, 7) is -0.212. The van der Waals surface area contributed by atoms with Crippen LogP contribution in [0.15, 0.2) is 49.2 Å². The summed E-state index contributed by atoms with van der Waals surface area (Å²) in [7, 11) is 0. The molecule has 0 bridgehead atoms. The Balaban J connectivity index is 1.34. The van der Waals surface area contributed by atoms with Crippen molar-refractivity contribution in [3.8, 4) is 11.8 Å². The van der Waals surface area contributed by atoms with Crippen LogP contribution in [0.25, 0.3) is 0 Å². The van der Waals surface area contributed by atoms with Gasteiger partial charge in [0, 0.05) is 6.07 Å². The summed E-state index contributed by atoms with van der Waals surface area (Å²) in [5.74, 6) is -1.64. The Kier molecular flexibility index (Phi) is 6.26. The predicted molar refractivity (Wildman–Crippen MR) is 114 cm³/mol. The van der Waals surface area contributed by atoms with E-state index in [0.717, 1.165) is 12.1 Å². The van der Waals surface area contributed by atoms with Crippen LogP contribution in [0.1, 0.15) is 24.1 Å². The molecule has 0 atom stereocenters. The number of nitrogens with zero attached hydrogens (tertiary/aromatic N) is 4. The SMILES string of the molecule is N#Cc1cc(F)ccc1Nc1cnc(CNC(=O)C2(NC(=O)Oc3cncnc3)CC2)c(F)c1. The molecule has 172 valence electrons. The fourth-order valence-electron chi connectivity index (χ4n) is 3.07. The highest BCUT2D eigenvalue weighted by Crippen LogP contribution is 2.36. The third-order valence-electron chi connectivity index (χ3n) is 4.99. The summed E-state index contributed by atoms with van der Waals surface area (Å²) in [6, 6.07) is 6.58. The molecule has 1 saturated carbocycles. The second kappa shape index (κ2) is 9.45. The Hall–Kier alpha value is -4.66. The number of hydrogen-bond donors (Lipinski definition) is 3. The van der Waals surface area contributed by atoms with Gasteiger partial charge in [-0.3, -0.25) is 9.78 Å². The zero-order valence-corrected chi connectivity index (χ0v) is 17.5. The minimum Gasteiger partial charge on any atom is -0.407 e. The largest absolute Gasteiger partial charge is 0.413 e. The van der Waals surface area contributed by atoms with E-state index in [1.54, 1.807) is 0 Å². The molecule has 1 aromatic carbocycles. The first kappa shape index (κ1) is 22.5. The molecule has 3 aromatic rings. The average Bonchev–Trinajstić information content (AvgIpc) is 3.60. The molecule has 2 amide bonds. The third-order valence-corrected chi connectivity index (χ3v) is 4.99. The van der Waals surface area contributed by atoms with Gasteiger partial charge in [0.2, 0.25) is 5.91 Å². The van der Waals surface area contributed by atoms with E-state index < -0.39 is 29.2 Å². The molecule has 0 aliphatic heterocycles. The van der Waals surface area contributed by atoms with Crippen LogP contribution in [0.3, 0.4) is 0 Å². The number of halogens is 2. The van der Waals surface area contributed by atoms with Crippen molar-refractivity contribution in [3.63, 3.8) is 0 Å². The lowest BCUT2D eigenvalue weighted by Gasteiger charge is -2.17. The molecule has 0 spiro atoms. The number of nitrogens with one attached hydrogen (secondary N) is 3. The van der Waals surface area contributed by atoms with E-state index in [0.29, 0.717) is 18.5 Å². The van der Waals surface area contributed by atoms with Crippen molar-refractivity contribution in [2.45, 2.75) is 24.9 Å². The van der Waals surface area contributed by atoms with Gasteiger partial charge in [0.25, 0.3) is 0 Å². The minimum absolute atomic E-state index is 0.0293. The van der Waals surface area contributed by atoms with Gasteiger partial charge in [0.05, 0.1) is 47.8 Å². The number of ether oxygens (including phenoxy) is 1. The van der Waals surface area contributed by atoms with Crippen LogP contribution in [0.2, 0.25) is 0 Å². The Morgan fingerprint density at radius 2 is 1.91 bits per heavy atom. The normalized spacial score (nSPS) is 13.3. The van der Waals surface area contributed by atoms with Crippen LogP contribution >= 0.6 is 0 Å². The Labute approximate surface area is 192 Å². The van der Waals surface area contributed by atoms with Gasteiger partial charge in [-0.1, -0.05) is 0 Å². The molecule has 1 aliphatic carbocycles. The summed E-state index contributed by atoms with van der Waals surface area (Å²) >= 11 is 0. The second-order valence-corrected chi connectivity index (χ2v) is 7.43. The van der Waals surface area contributed by atoms with Gasteiger partial charge in [0.1, 0.15) is 29.6 Å². The van der Waals surface area contributed by atoms with Gasteiger partial charge < -0.3 is 20.7 Å². The number of anilines is 2. The van der Waals surface area contributed by atoms with Crippen LogP contribution in [-0.4, -0.2) is 32.5 Å². The van der Waals surface area contributed by atoms with Crippen molar-refractivity contribution in [2.24, 2.45) is 0 Å². The molecule has 2 aromatic heterocycles. The molecule has 0 unspecified atom stereocenters. The number of rotatable bonds is 7. The fraction of sp³-hybridized carbons (Fsp3) is 0.182. The Morgan fingerprint density at radius 1 is 1.15 bits per heavy atom. The first-order chi connectivity index (χ1) is 16.4. The standard InChI is InChI=1S/C22H17F2N7O3/c23-14-1-2-18(13(5-14)7-25)30-15-6-17(24)19(28-8-15)11-29-20(32)22(3-4-22)31-21(33)34-16-9-26-12-27-10-16/h1-2,5-6,8-10,12,30H,3-4,11H2,(H,29,32)(H,31,33). The number of carbonyl (C=O) groups excluding carboxylic acids is 2. The lowest BCUT2D eigenvalue weighted by atomic mass is 10.2. The van der Waals surface area contributed by atoms with Crippen molar-refractivity contribution >= 4 is 23.4 Å². The molecule has 4 rings (SSSR count). The lowest BCUT2D eigenvalue weighted by Crippen LogP contribution is -2.49. The van der Waals surface area contributed by atoms with Crippen LogP contribution in [0, 0.1) is 23.0 Å². The monoisotopic (exact) mass is 465 g/mol. The lowest BCUT2D eigenvalue weighted by molar-refractivity contribution is -0.124. The first-order valence-corrected chi connectivity index (χ1v) is 10.0. The highest BCUT2D eigenvalue weighted by Gasteiger charge is 2.51. The van der Waals surface area contributed by atoms with Gasteiger partial charge >= 0.3 is 6.09 Å². The number of carbonyl (C=O) groups is 2. The quantitative estimate of drug-likeness (QED) is 0.484. The summed E-state index contributed by atoms with van der Waals surface area (Å²) in [5, 5.41) is 17.0. The zero-order chi connectivity index (χ0) is 24.1. The van der Waals surface area contributed by atoms with E-state index in [4.69, 9.17) is 10.00 Å². The smallest absolute Gasteiger partial charge is 0.407 e. The summed E-state index contributed by atoms with van der Waals surface area (Å²) in [6.07, 6.45) is 5.17. The zero-order valence-electron chi connectivity index (χ0n) is 17.5. The van der Waals surface area contributed by atoms with E-state index in [1.807, 2.05) is 6.07 Å². The van der Waals surface area contributed by atoms with Gasteiger partial charge in [-0.05, 0) is 31.0 Å². The van der Waals surface area contributed by atoms with E-state index >= 15 is 0 Å². The number of aromatic nitrogens is 3. The number of benzene rings is 1. The summed E-state index contributed by atoms with van der Waals surface area (Å²) in [4.78, 5) is 36.1. The van der Waals surface area contributed by atoms with E-state index in [1.165, 1.54) is 37.1 Å². The first-order valence-electron chi connectivity index (χ1n) is 10.0. The molecule has 0 radical (unpaired) electrons. The van der Waals surface area contributed by atoms with Crippen molar-refractivity contribution < 1.29 is 23.1 Å². The molecule has 34 heavy (non-hydrogen) atoms. The van der Waals surface area contributed by atoms with Crippen molar-refractivity contribution in [2.75, 3.05) is 5.32 Å². The van der Waals surface area contributed by atoms with Crippen molar-refractivity contribution in [1.29, 1.82) is 5.26 Å². The predicted octanol–water partition coefficient (Wildman–Crippen LogP) is 2.70. The molecular weight excluding hydrogens is 448 g/mol. The number of hydrogen-bond acceptors (Lipinski definition) is 8. The van der Waals surface area contributed by atoms with Crippen LogP contribution in [0.4, 0.5) is 25.0 Å². The molecule has 0 saturated heterocycles. The molecule has 1 aliphatic rings. The molecule has 12 heteroatoms. The molecule has 3 N–H and O–H groups in total. The van der Waals surface area contributed by atoms with Crippen LogP contribution in [-0.2, 0) is 11.3 Å². The second-order valence-electron chi connectivity index (χ2n) is 7.43. The van der Waals surface area contributed by atoms with E-state index in [9.17, 15) is 18.4 Å². The van der Waals surface area contributed by atoms with E-state index in [-0.39, 0.29) is 29.2 Å². The number of nitriles is 1. The highest BCUT2D eigenvalue weighted by atomic mass is 19.1. The third kappa shape index (κ3) is 5.21. The number of pyridine rings is 1. The average molecular weight is 465 g/mol. The molecule has 2 heterocycles. The maximum atomic E-state index is 14.5. The van der Waals surface area contributed by atoms with Crippen LogP contribution in [0.5, 0.6) is 5.75 Å². The molecule has 10 nitrogen and oxygen atoms in total. The summed E-state index contributed by atoms with van der Waals surface area (Å²) < 4.78 is 32.8. The Bertz CT molecular complexity index is 1280. The minimum atomic E-state index is -1.14. The highest BCUT2D eigenvalue weighted by molar-refractivity contribution is 5.93. The fourth-order valence-corrected chi connectivity index (χ4v) is 3.07.